The summed E-state index contributed by atoms with van der Waals surface area (Å²) in [7, 11) is 3.06. The first-order chi connectivity index (χ1) is 7.23. The van der Waals surface area contributed by atoms with E-state index >= 15 is 0 Å². The van der Waals surface area contributed by atoms with Crippen molar-refractivity contribution in [3.8, 4) is 0 Å². The minimum Gasteiger partial charge on any atom is -0.354 e. The molecule has 0 aliphatic carbocycles. The second-order valence-electron chi connectivity index (χ2n) is 4.98. The van der Waals surface area contributed by atoms with Gasteiger partial charge in [0, 0.05) is 14.2 Å². The zero-order valence-electron chi connectivity index (χ0n) is 11.0. The van der Waals surface area contributed by atoms with Gasteiger partial charge in [-0.15, -0.1) is 0 Å². The van der Waals surface area contributed by atoms with Crippen LogP contribution in [0.2, 0.25) is 0 Å². The van der Waals surface area contributed by atoms with Crippen molar-refractivity contribution in [2.75, 3.05) is 14.2 Å². The minimum atomic E-state index is -0.552. The fourth-order valence-corrected chi connectivity index (χ4v) is 1.28. The average molecular weight is 232 g/mol. The molecule has 0 bridgehead atoms. The van der Waals surface area contributed by atoms with Crippen LogP contribution in [0, 0.1) is 5.41 Å². The Hall–Kier alpha value is -0.650. The van der Waals surface area contributed by atoms with Crippen LogP contribution < -0.4 is 11.1 Å². The number of carbonyl (C=O) groups excluding carboxylic acids is 1. The Morgan fingerprint density at radius 1 is 1.25 bits per heavy atom. The van der Waals surface area contributed by atoms with Crippen molar-refractivity contribution in [1.29, 1.82) is 0 Å². The molecule has 0 aromatic rings. The highest BCUT2D eigenvalue weighted by molar-refractivity contribution is 5.82. The molecule has 0 aromatic heterocycles. The number of nitrogens with one attached hydrogen (secondary N) is 1. The lowest BCUT2D eigenvalue weighted by molar-refractivity contribution is -0.138. The Labute approximate surface area is 97.7 Å². The van der Waals surface area contributed by atoms with Crippen LogP contribution >= 0.6 is 0 Å². The van der Waals surface area contributed by atoms with Crippen molar-refractivity contribution < 1.29 is 14.3 Å². The van der Waals surface area contributed by atoms with Gasteiger partial charge in [0.15, 0.2) is 6.29 Å². The molecule has 0 saturated carbocycles. The lowest BCUT2D eigenvalue weighted by Gasteiger charge is -2.29. The second-order valence-corrected chi connectivity index (χ2v) is 4.98. The number of carbonyl (C=O) groups is 1. The van der Waals surface area contributed by atoms with Gasteiger partial charge in [-0.05, 0) is 12.3 Å². The highest BCUT2D eigenvalue weighted by atomic mass is 16.7. The van der Waals surface area contributed by atoms with Gasteiger partial charge in [-0.3, -0.25) is 4.79 Å². The molecule has 0 saturated heterocycles. The van der Waals surface area contributed by atoms with Gasteiger partial charge >= 0.3 is 0 Å². The van der Waals surface area contributed by atoms with Crippen LogP contribution in [0.15, 0.2) is 0 Å². The van der Waals surface area contributed by atoms with E-state index in [0.29, 0.717) is 0 Å². The molecule has 3 N–H and O–H groups in total. The lowest BCUT2D eigenvalue weighted by Crippen LogP contribution is -2.53. The van der Waals surface area contributed by atoms with E-state index in [0.717, 1.165) is 0 Å². The number of amides is 1. The molecule has 0 radical (unpaired) electrons. The number of ether oxygens (including phenoxy) is 2. The van der Waals surface area contributed by atoms with Gasteiger partial charge in [-0.1, -0.05) is 20.8 Å². The maximum absolute atomic E-state index is 11.8. The molecule has 5 heteroatoms. The van der Waals surface area contributed by atoms with Crippen LogP contribution in [0.25, 0.3) is 0 Å². The third-order valence-corrected chi connectivity index (χ3v) is 2.46. The number of methoxy groups -OCH3 is 2. The highest BCUT2D eigenvalue weighted by Gasteiger charge is 2.29. The molecule has 16 heavy (non-hydrogen) atoms. The fraction of sp³-hybridized carbons (Fsp3) is 0.909. The molecule has 0 aliphatic rings. The quantitative estimate of drug-likeness (QED) is 0.676. The first-order valence-electron chi connectivity index (χ1n) is 5.35. The smallest absolute Gasteiger partial charge is 0.237 e. The first kappa shape index (κ1) is 15.3. The summed E-state index contributed by atoms with van der Waals surface area (Å²) in [5.74, 6) is -0.195. The average Bonchev–Trinajstić information content (AvgIpc) is 2.16. The largest absolute Gasteiger partial charge is 0.354 e. The molecule has 0 rings (SSSR count). The molecule has 96 valence electrons. The van der Waals surface area contributed by atoms with Gasteiger partial charge in [0.2, 0.25) is 5.91 Å². The number of hydrogen-bond donors (Lipinski definition) is 2. The zero-order chi connectivity index (χ0) is 12.9. The van der Waals surface area contributed by atoms with E-state index in [1.807, 2.05) is 27.7 Å². The second kappa shape index (κ2) is 6.18. The Morgan fingerprint density at radius 2 is 1.69 bits per heavy atom. The predicted octanol–water partition coefficient (Wildman–Crippen LogP) is 0.483. The van der Waals surface area contributed by atoms with Crippen LogP contribution in [-0.4, -0.2) is 38.5 Å². The normalized spacial score (nSPS) is 16.0. The Morgan fingerprint density at radius 3 is 2.00 bits per heavy atom. The summed E-state index contributed by atoms with van der Waals surface area (Å²) in [6, 6.07) is -0.791. The standard InChI is InChI=1S/C11H24N2O3/c1-7(10(15-5)16-6)13-9(14)8(12)11(2,3)4/h7-8,10H,12H2,1-6H3,(H,13,14)/t7?,8-/m1/s1. The third kappa shape index (κ3) is 4.47. The van der Waals surface area contributed by atoms with E-state index in [4.69, 9.17) is 15.2 Å². The predicted molar refractivity (Wildman–Crippen MR) is 62.8 cm³/mol. The zero-order valence-corrected chi connectivity index (χ0v) is 11.0. The molecule has 0 aromatic carbocycles. The molecule has 1 unspecified atom stereocenters. The van der Waals surface area contributed by atoms with Crippen molar-refractivity contribution in [3.63, 3.8) is 0 Å². The van der Waals surface area contributed by atoms with Crippen LogP contribution in [-0.2, 0) is 14.3 Å². The summed E-state index contributed by atoms with van der Waals surface area (Å²) in [6.45, 7) is 7.58. The van der Waals surface area contributed by atoms with Gasteiger partial charge in [-0.2, -0.15) is 0 Å². The van der Waals surface area contributed by atoms with Crippen LogP contribution in [0.3, 0.4) is 0 Å². The SMILES string of the molecule is COC(OC)C(C)NC(=O)[C@@H](N)C(C)(C)C. The molecule has 1 amide bonds. The number of nitrogens with two attached hydrogens (primary N) is 1. The molecule has 5 nitrogen and oxygen atoms in total. The van der Waals surface area contributed by atoms with Crippen molar-refractivity contribution in [2.24, 2.45) is 11.1 Å². The summed E-state index contributed by atoms with van der Waals surface area (Å²) < 4.78 is 10.1. The molecular weight excluding hydrogens is 208 g/mol. The van der Waals surface area contributed by atoms with Gasteiger partial charge < -0.3 is 20.5 Å². The lowest BCUT2D eigenvalue weighted by atomic mass is 9.87. The summed E-state index contributed by atoms with van der Waals surface area (Å²) in [5.41, 5.74) is 5.57. The topological polar surface area (TPSA) is 73.6 Å². The van der Waals surface area contributed by atoms with Crippen LogP contribution in [0.4, 0.5) is 0 Å². The van der Waals surface area contributed by atoms with Gasteiger partial charge in [0.05, 0.1) is 12.1 Å². The van der Waals surface area contributed by atoms with Gasteiger partial charge in [0.25, 0.3) is 0 Å². The van der Waals surface area contributed by atoms with Crippen LogP contribution in [0.1, 0.15) is 27.7 Å². The Balaban J connectivity index is 4.34. The maximum atomic E-state index is 11.8. The van der Waals surface area contributed by atoms with E-state index in [1.165, 1.54) is 14.2 Å². The van der Waals surface area contributed by atoms with E-state index in [2.05, 4.69) is 5.32 Å². The summed E-state index contributed by atoms with van der Waals surface area (Å²) in [4.78, 5) is 11.8. The first-order valence-corrected chi connectivity index (χ1v) is 5.35. The van der Waals surface area contributed by atoms with E-state index < -0.39 is 12.3 Å². The molecule has 0 spiro atoms. The third-order valence-electron chi connectivity index (χ3n) is 2.46. The number of rotatable bonds is 5. The van der Waals surface area contributed by atoms with Gasteiger partial charge in [0.1, 0.15) is 0 Å². The van der Waals surface area contributed by atoms with Crippen molar-refractivity contribution in [1.82, 2.24) is 5.32 Å². The van der Waals surface area contributed by atoms with Crippen molar-refractivity contribution in [3.05, 3.63) is 0 Å². The van der Waals surface area contributed by atoms with E-state index in [1.54, 1.807) is 0 Å². The van der Waals surface area contributed by atoms with E-state index in [-0.39, 0.29) is 17.4 Å². The highest BCUT2D eigenvalue weighted by Crippen LogP contribution is 2.17. The summed E-state index contributed by atoms with van der Waals surface area (Å²) in [6.07, 6.45) is -0.462. The molecule has 0 fully saturated rings. The molecular formula is C11H24N2O3. The Kier molecular flexibility index (Phi) is 5.92. The van der Waals surface area contributed by atoms with Gasteiger partial charge in [-0.25, -0.2) is 0 Å². The molecule has 0 heterocycles. The van der Waals surface area contributed by atoms with Crippen molar-refractivity contribution in [2.45, 2.75) is 46.1 Å². The monoisotopic (exact) mass is 232 g/mol. The number of hydrogen-bond acceptors (Lipinski definition) is 4. The summed E-state index contributed by atoms with van der Waals surface area (Å²) in [5, 5.41) is 2.77. The maximum Gasteiger partial charge on any atom is 0.237 e. The molecule has 0 aliphatic heterocycles. The molecule has 2 atom stereocenters. The van der Waals surface area contributed by atoms with Crippen molar-refractivity contribution >= 4 is 5.91 Å². The fourth-order valence-electron chi connectivity index (χ4n) is 1.28. The summed E-state index contributed by atoms with van der Waals surface area (Å²) >= 11 is 0. The Bertz CT molecular complexity index is 222. The van der Waals surface area contributed by atoms with E-state index in [9.17, 15) is 4.79 Å². The van der Waals surface area contributed by atoms with Crippen LogP contribution in [0.5, 0.6) is 0 Å². The minimum absolute atomic E-state index is 0.195.